The summed E-state index contributed by atoms with van der Waals surface area (Å²) in [5.41, 5.74) is 1.40. The first-order valence-electron chi connectivity index (χ1n) is 10.5. The maximum absolute atomic E-state index is 13.8. The molecule has 0 unspecified atom stereocenters. The van der Waals surface area contributed by atoms with Crippen LogP contribution in [-0.2, 0) is 6.54 Å². The van der Waals surface area contributed by atoms with E-state index in [-0.39, 0.29) is 11.3 Å². The number of thiophene rings is 1. The predicted molar refractivity (Wildman–Crippen MR) is 135 cm³/mol. The van der Waals surface area contributed by atoms with Gasteiger partial charge >= 0.3 is 0 Å². The number of methoxy groups -OCH3 is 3. The normalized spacial score (nSPS) is 11.3. The molecular weight excluding hydrogens is 508 g/mol. The zero-order chi connectivity index (χ0) is 23.9. The number of phenols is 1. The van der Waals surface area contributed by atoms with Crippen LogP contribution in [0.5, 0.6) is 23.0 Å². The van der Waals surface area contributed by atoms with Gasteiger partial charge in [-0.2, -0.15) is 0 Å². The molecule has 0 aliphatic rings. The van der Waals surface area contributed by atoms with Crippen LogP contribution in [0, 0.1) is 6.92 Å². The highest BCUT2D eigenvalue weighted by atomic mass is 79.9. The third-order valence-corrected chi connectivity index (χ3v) is 7.47. The van der Waals surface area contributed by atoms with E-state index in [4.69, 9.17) is 19.2 Å². The minimum Gasteiger partial charge on any atom is -0.506 e. The molecule has 0 saturated heterocycles. The van der Waals surface area contributed by atoms with Crippen molar-refractivity contribution in [2.75, 3.05) is 21.3 Å². The fourth-order valence-electron chi connectivity index (χ4n) is 4.00. The number of halogens is 1. The van der Waals surface area contributed by atoms with Crippen molar-refractivity contribution in [1.82, 2.24) is 9.55 Å². The highest BCUT2D eigenvalue weighted by Gasteiger charge is 2.25. The standard InChI is InChI=1S/C24H25BrN2O5S/c1-6-7-8-27-22(14-11-16(30-3)19(31-4)20(32-5)18(14)25)26-23-17(24(27)29)13-9-12(2)10-15(28)21(13)33-23/h9-11,28H,6-8H2,1-5H3. The second-order valence-electron chi connectivity index (χ2n) is 7.70. The summed E-state index contributed by atoms with van der Waals surface area (Å²) < 4.78 is 19.6. The number of aromatic hydroxyl groups is 1. The minimum absolute atomic E-state index is 0.139. The molecule has 7 nitrogen and oxygen atoms in total. The van der Waals surface area contributed by atoms with E-state index in [0.29, 0.717) is 54.6 Å². The topological polar surface area (TPSA) is 82.8 Å². The first-order chi connectivity index (χ1) is 15.9. The van der Waals surface area contributed by atoms with Crippen molar-refractivity contribution in [3.63, 3.8) is 0 Å². The molecule has 2 aromatic heterocycles. The lowest BCUT2D eigenvalue weighted by Crippen LogP contribution is -2.23. The van der Waals surface area contributed by atoms with Gasteiger partial charge in [-0.15, -0.1) is 11.3 Å². The lowest BCUT2D eigenvalue weighted by molar-refractivity contribution is 0.323. The number of aromatic nitrogens is 2. The number of ether oxygens (including phenoxy) is 3. The monoisotopic (exact) mass is 532 g/mol. The van der Waals surface area contributed by atoms with Crippen LogP contribution < -0.4 is 19.8 Å². The summed E-state index contributed by atoms with van der Waals surface area (Å²) in [6.07, 6.45) is 1.74. The molecule has 0 atom stereocenters. The van der Waals surface area contributed by atoms with Gasteiger partial charge in [-0.25, -0.2) is 4.98 Å². The average molecular weight is 533 g/mol. The van der Waals surface area contributed by atoms with Crippen LogP contribution in [0.2, 0.25) is 0 Å². The summed E-state index contributed by atoms with van der Waals surface area (Å²) in [5.74, 6) is 2.01. The fraction of sp³-hybridized carbons (Fsp3) is 0.333. The Balaban J connectivity index is 2.13. The van der Waals surface area contributed by atoms with E-state index >= 15 is 0 Å². The molecule has 4 rings (SSSR count). The highest BCUT2D eigenvalue weighted by Crippen LogP contribution is 2.48. The first-order valence-corrected chi connectivity index (χ1v) is 12.1. The second-order valence-corrected chi connectivity index (χ2v) is 9.49. The number of benzene rings is 2. The van der Waals surface area contributed by atoms with Gasteiger partial charge in [-0.3, -0.25) is 9.36 Å². The van der Waals surface area contributed by atoms with Crippen LogP contribution in [0.4, 0.5) is 0 Å². The van der Waals surface area contributed by atoms with Crippen molar-refractivity contribution < 1.29 is 19.3 Å². The van der Waals surface area contributed by atoms with Crippen molar-refractivity contribution in [3.05, 3.63) is 38.6 Å². The Morgan fingerprint density at radius 2 is 1.85 bits per heavy atom. The molecule has 4 aromatic rings. The van der Waals surface area contributed by atoms with Crippen molar-refractivity contribution >= 4 is 47.6 Å². The van der Waals surface area contributed by atoms with Crippen LogP contribution in [0.1, 0.15) is 25.3 Å². The second kappa shape index (κ2) is 9.23. The summed E-state index contributed by atoms with van der Waals surface area (Å²) in [6, 6.07) is 5.41. The average Bonchev–Trinajstić information content (AvgIpc) is 3.16. The third-order valence-electron chi connectivity index (χ3n) is 5.56. The Morgan fingerprint density at radius 1 is 1.12 bits per heavy atom. The van der Waals surface area contributed by atoms with E-state index in [9.17, 15) is 9.90 Å². The molecule has 174 valence electrons. The Bertz CT molecular complexity index is 1430. The van der Waals surface area contributed by atoms with Crippen LogP contribution in [-0.4, -0.2) is 36.0 Å². The molecular formula is C24H25BrN2O5S. The third kappa shape index (κ3) is 3.83. The largest absolute Gasteiger partial charge is 0.506 e. The summed E-state index contributed by atoms with van der Waals surface area (Å²) in [5, 5.41) is 11.8. The molecule has 0 aliphatic carbocycles. The molecule has 2 aromatic carbocycles. The molecule has 0 amide bonds. The van der Waals surface area contributed by atoms with Crippen LogP contribution in [0.15, 0.2) is 27.5 Å². The van der Waals surface area contributed by atoms with Gasteiger partial charge in [-0.05, 0) is 53.0 Å². The molecule has 0 aliphatic heterocycles. The maximum atomic E-state index is 13.8. The minimum atomic E-state index is -0.139. The number of phenolic OH excluding ortho intramolecular Hbond substituents is 1. The maximum Gasteiger partial charge on any atom is 0.263 e. The molecule has 1 N–H and O–H groups in total. The van der Waals surface area contributed by atoms with E-state index < -0.39 is 0 Å². The molecule has 0 saturated carbocycles. The Labute approximate surface area is 203 Å². The lowest BCUT2D eigenvalue weighted by atomic mass is 10.1. The van der Waals surface area contributed by atoms with Gasteiger partial charge in [0.15, 0.2) is 11.5 Å². The number of rotatable bonds is 7. The number of hydrogen-bond acceptors (Lipinski definition) is 7. The van der Waals surface area contributed by atoms with Crippen molar-refractivity contribution in [2.45, 2.75) is 33.2 Å². The van der Waals surface area contributed by atoms with Gasteiger partial charge in [0.1, 0.15) is 16.4 Å². The Kier molecular flexibility index (Phi) is 6.54. The van der Waals surface area contributed by atoms with E-state index in [1.807, 2.05) is 13.0 Å². The van der Waals surface area contributed by atoms with Gasteiger partial charge in [0.25, 0.3) is 5.56 Å². The smallest absolute Gasteiger partial charge is 0.263 e. The molecule has 0 spiro atoms. The first kappa shape index (κ1) is 23.4. The highest BCUT2D eigenvalue weighted by molar-refractivity contribution is 9.10. The Hall–Kier alpha value is -2.78. The van der Waals surface area contributed by atoms with Crippen LogP contribution >= 0.6 is 27.3 Å². The molecule has 9 heteroatoms. The van der Waals surface area contributed by atoms with Gasteiger partial charge in [0.05, 0.1) is 35.9 Å². The SMILES string of the molecule is CCCCn1c(-c2cc(OC)c(OC)c(OC)c2Br)nc2sc3c(O)cc(C)cc3c2c1=O. The van der Waals surface area contributed by atoms with Crippen LogP contribution in [0.25, 0.3) is 31.7 Å². The summed E-state index contributed by atoms with van der Waals surface area (Å²) in [4.78, 5) is 19.3. The van der Waals surface area contributed by atoms with Gasteiger partial charge in [0, 0.05) is 17.5 Å². The summed E-state index contributed by atoms with van der Waals surface area (Å²) >= 11 is 4.94. The van der Waals surface area contributed by atoms with Crippen molar-refractivity contribution in [2.24, 2.45) is 0 Å². The van der Waals surface area contributed by atoms with Gasteiger partial charge < -0.3 is 19.3 Å². The number of aryl methyl sites for hydroxylation is 1. The summed E-state index contributed by atoms with van der Waals surface area (Å²) in [6.45, 7) is 4.48. The summed E-state index contributed by atoms with van der Waals surface area (Å²) in [7, 11) is 4.64. The number of nitrogens with zero attached hydrogens (tertiary/aromatic N) is 2. The lowest BCUT2D eigenvalue weighted by Gasteiger charge is -2.18. The van der Waals surface area contributed by atoms with E-state index in [0.717, 1.165) is 23.8 Å². The van der Waals surface area contributed by atoms with Crippen molar-refractivity contribution in [3.8, 4) is 34.4 Å². The molecule has 0 radical (unpaired) electrons. The van der Waals surface area contributed by atoms with Gasteiger partial charge in [-0.1, -0.05) is 13.3 Å². The van der Waals surface area contributed by atoms with Crippen LogP contribution in [0.3, 0.4) is 0 Å². The van der Waals surface area contributed by atoms with Crippen molar-refractivity contribution in [1.29, 1.82) is 0 Å². The number of fused-ring (bicyclic) bond motifs is 3. The molecule has 0 bridgehead atoms. The number of hydrogen-bond donors (Lipinski definition) is 1. The zero-order valence-electron chi connectivity index (χ0n) is 19.1. The van der Waals surface area contributed by atoms with E-state index in [1.165, 1.54) is 11.3 Å². The van der Waals surface area contributed by atoms with E-state index in [1.54, 1.807) is 38.0 Å². The molecule has 2 heterocycles. The Morgan fingerprint density at radius 3 is 2.48 bits per heavy atom. The van der Waals surface area contributed by atoms with E-state index in [2.05, 4.69) is 22.9 Å². The molecule has 33 heavy (non-hydrogen) atoms. The molecule has 0 fully saturated rings. The predicted octanol–water partition coefficient (Wildman–Crippen LogP) is 5.88. The quantitative estimate of drug-likeness (QED) is 0.320. The van der Waals surface area contributed by atoms with Gasteiger partial charge in [0.2, 0.25) is 5.75 Å². The zero-order valence-corrected chi connectivity index (χ0v) is 21.5. The fourth-order valence-corrected chi connectivity index (χ4v) is 5.69. The number of unbranched alkanes of at least 4 members (excludes halogenated alkanes) is 1.